The van der Waals surface area contributed by atoms with Crippen molar-refractivity contribution < 1.29 is 9.53 Å². The molecule has 0 aliphatic carbocycles. The minimum absolute atomic E-state index is 0.0278. The van der Waals surface area contributed by atoms with Gasteiger partial charge in [0.1, 0.15) is 0 Å². The van der Waals surface area contributed by atoms with E-state index < -0.39 is 0 Å². The highest BCUT2D eigenvalue weighted by atomic mass is 16.5. The Labute approximate surface area is 95.0 Å². The molecule has 0 spiro atoms. The highest BCUT2D eigenvalue weighted by Crippen LogP contribution is 1.94. The number of rotatable bonds is 7. The molecule has 0 saturated heterocycles. The average Bonchev–Trinajstić information content (AvgIpc) is 2.68. The standard InChI is InChI=1S/C10H18N4O2/c1-14-8-9(6-13-14)5-12-10(15)7-11-3-4-16-2/h6,8,11H,3-5,7H2,1-2H3,(H,12,15). The van der Waals surface area contributed by atoms with E-state index >= 15 is 0 Å². The molecular formula is C10H18N4O2. The maximum atomic E-state index is 11.3. The van der Waals surface area contributed by atoms with Crippen LogP contribution in [0.25, 0.3) is 0 Å². The molecular weight excluding hydrogens is 208 g/mol. The number of aromatic nitrogens is 2. The average molecular weight is 226 g/mol. The summed E-state index contributed by atoms with van der Waals surface area (Å²) >= 11 is 0. The van der Waals surface area contributed by atoms with E-state index in [9.17, 15) is 4.79 Å². The van der Waals surface area contributed by atoms with Gasteiger partial charge in [-0.1, -0.05) is 0 Å². The zero-order chi connectivity index (χ0) is 11.8. The molecule has 90 valence electrons. The van der Waals surface area contributed by atoms with E-state index in [2.05, 4.69) is 15.7 Å². The molecule has 0 bridgehead atoms. The van der Waals surface area contributed by atoms with E-state index in [0.717, 1.165) is 5.56 Å². The summed E-state index contributed by atoms with van der Waals surface area (Å²) in [4.78, 5) is 11.3. The summed E-state index contributed by atoms with van der Waals surface area (Å²) in [5.74, 6) is -0.0278. The van der Waals surface area contributed by atoms with Gasteiger partial charge in [0.15, 0.2) is 0 Å². The largest absolute Gasteiger partial charge is 0.383 e. The Balaban J connectivity index is 2.10. The van der Waals surface area contributed by atoms with Gasteiger partial charge >= 0.3 is 0 Å². The SMILES string of the molecule is COCCNCC(=O)NCc1cnn(C)c1. The van der Waals surface area contributed by atoms with Gasteiger partial charge in [0.2, 0.25) is 5.91 Å². The molecule has 0 aliphatic heterocycles. The van der Waals surface area contributed by atoms with Gasteiger partial charge in [-0.15, -0.1) is 0 Å². The molecule has 1 aromatic rings. The Kier molecular flexibility index (Phi) is 5.52. The van der Waals surface area contributed by atoms with Crippen LogP contribution in [0.5, 0.6) is 0 Å². The lowest BCUT2D eigenvalue weighted by Crippen LogP contribution is -2.34. The zero-order valence-electron chi connectivity index (χ0n) is 9.69. The summed E-state index contributed by atoms with van der Waals surface area (Å²) in [5, 5.41) is 9.78. The summed E-state index contributed by atoms with van der Waals surface area (Å²) in [6.07, 6.45) is 3.61. The van der Waals surface area contributed by atoms with Crippen molar-refractivity contribution in [1.82, 2.24) is 20.4 Å². The van der Waals surface area contributed by atoms with Crippen molar-refractivity contribution in [2.45, 2.75) is 6.54 Å². The van der Waals surface area contributed by atoms with Crippen molar-refractivity contribution in [3.63, 3.8) is 0 Å². The van der Waals surface area contributed by atoms with Gasteiger partial charge < -0.3 is 15.4 Å². The molecule has 0 unspecified atom stereocenters. The summed E-state index contributed by atoms with van der Waals surface area (Å²) < 4.78 is 6.56. The third-order valence-electron chi connectivity index (χ3n) is 2.02. The molecule has 0 aromatic carbocycles. The molecule has 2 N–H and O–H groups in total. The highest BCUT2D eigenvalue weighted by molar-refractivity contribution is 5.77. The summed E-state index contributed by atoms with van der Waals surface area (Å²) in [6, 6.07) is 0. The third-order valence-corrected chi connectivity index (χ3v) is 2.02. The number of amides is 1. The molecule has 1 amide bonds. The number of aryl methyl sites for hydroxylation is 1. The molecule has 1 rings (SSSR count). The Morgan fingerprint density at radius 3 is 3.06 bits per heavy atom. The number of hydrogen-bond donors (Lipinski definition) is 2. The van der Waals surface area contributed by atoms with Gasteiger partial charge in [-0.2, -0.15) is 5.10 Å². The first-order valence-electron chi connectivity index (χ1n) is 5.16. The lowest BCUT2D eigenvalue weighted by molar-refractivity contribution is -0.120. The van der Waals surface area contributed by atoms with Gasteiger partial charge in [-0.3, -0.25) is 9.48 Å². The minimum atomic E-state index is -0.0278. The lowest BCUT2D eigenvalue weighted by Gasteiger charge is -2.04. The van der Waals surface area contributed by atoms with Crippen LogP contribution in [0.4, 0.5) is 0 Å². The minimum Gasteiger partial charge on any atom is -0.383 e. The van der Waals surface area contributed by atoms with Crippen molar-refractivity contribution in [2.75, 3.05) is 26.8 Å². The summed E-state index contributed by atoms with van der Waals surface area (Å²) in [5.41, 5.74) is 0.993. The molecule has 6 heteroatoms. The third kappa shape index (κ3) is 4.90. The van der Waals surface area contributed by atoms with Gasteiger partial charge in [0.05, 0.1) is 19.3 Å². The predicted octanol–water partition coefficient (Wildman–Crippen LogP) is -0.728. The second-order valence-corrected chi connectivity index (χ2v) is 3.47. The van der Waals surface area contributed by atoms with Crippen molar-refractivity contribution in [2.24, 2.45) is 7.05 Å². The van der Waals surface area contributed by atoms with Crippen LogP contribution < -0.4 is 10.6 Å². The number of carbonyl (C=O) groups excluding carboxylic acids is 1. The number of ether oxygens (including phenoxy) is 1. The van der Waals surface area contributed by atoms with Gasteiger partial charge in [0.25, 0.3) is 0 Å². The smallest absolute Gasteiger partial charge is 0.234 e. The van der Waals surface area contributed by atoms with Crippen LogP contribution in [-0.2, 0) is 23.1 Å². The monoisotopic (exact) mass is 226 g/mol. The molecule has 0 aliphatic rings. The van der Waals surface area contributed by atoms with Gasteiger partial charge in [-0.05, 0) is 0 Å². The number of nitrogens with zero attached hydrogens (tertiary/aromatic N) is 2. The number of methoxy groups -OCH3 is 1. The fourth-order valence-electron chi connectivity index (χ4n) is 1.20. The van der Waals surface area contributed by atoms with Gasteiger partial charge in [-0.25, -0.2) is 0 Å². The number of nitrogens with one attached hydrogen (secondary N) is 2. The molecule has 0 saturated carbocycles. The molecule has 0 fully saturated rings. The lowest BCUT2D eigenvalue weighted by atomic mass is 10.3. The van der Waals surface area contributed by atoms with E-state index in [1.807, 2.05) is 13.2 Å². The first-order valence-corrected chi connectivity index (χ1v) is 5.16. The predicted molar refractivity (Wildman–Crippen MR) is 59.8 cm³/mol. The van der Waals surface area contributed by atoms with Crippen LogP contribution in [0.2, 0.25) is 0 Å². The van der Waals surface area contributed by atoms with E-state index in [1.165, 1.54) is 0 Å². The molecule has 1 heterocycles. The second kappa shape index (κ2) is 6.97. The van der Waals surface area contributed by atoms with Crippen molar-refractivity contribution in [3.05, 3.63) is 18.0 Å². The molecule has 0 atom stereocenters. The molecule has 1 aromatic heterocycles. The van der Waals surface area contributed by atoms with Crippen molar-refractivity contribution >= 4 is 5.91 Å². The number of hydrogen-bond acceptors (Lipinski definition) is 4. The summed E-state index contributed by atoms with van der Waals surface area (Å²) in [6.45, 7) is 2.11. The maximum Gasteiger partial charge on any atom is 0.234 e. The topological polar surface area (TPSA) is 68.2 Å². The maximum absolute atomic E-state index is 11.3. The Morgan fingerprint density at radius 1 is 1.62 bits per heavy atom. The first kappa shape index (κ1) is 12.7. The molecule has 6 nitrogen and oxygen atoms in total. The van der Waals surface area contributed by atoms with Crippen molar-refractivity contribution in [1.29, 1.82) is 0 Å². The van der Waals surface area contributed by atoms with Gasteiger partial charge in [0, 0.05) is 39.0 Å². The van der Waals surface area contributed by atoms with E-state index in [1.54, 1.807) is 18.0 Å². The Hall–Kier alpha value is -1.40. The fourth-order valence-corrected chi connectivity index (χ4v) is 1.20. The highest BCUT2D eigenvalue weighted by Gasteiger charge is 2.01. The van der Waals surface area contributed by atoms with Crippen LogP contribution in [0.1, 0.15) is 5.56 Å². The second-order valence-electron chi connectivity index (χ2n) is 3.47. The van der Waals surface area contributed by atoms with Crippen LogP contribution in [-0.4, -0.2) is 42.5 Å². The normalized spacial score (nSPS) is 10.4. The Morgan fingerprint density at radius 2 is 2.44 bits per heavy atom. The van der Waals surface area contributed by atoms with Crippen LogP contribution in [0.3, 0.4) is 0 Å². The number of carbonyl (C=O) groups is 1. The first-order chi connectivity index (χ1) is 7.72. The fraction of sp³-hybridized carbons (Fsp3) is 0.600. The van der Waals surface area contributed by atoms with Crippen molar-refractivity contribution in [3.8, 4) is 0 Å². The van der Waals surface area contributed by atoms with Crippen LogP contribution in [0.15, 0.2) is 12.4 Å². The van der Waals surface area contributed by atoms with E-state index in [4.69, 9.17) is 4.74 Å². The Bertz CT molecular complexity index is 324. The summed E-state index contributed by atoms with van der Waals surface area (Å²) in [7, 11) is 3.47. The van der Waals surface area contributed by atoms with E-state index in [-0.39, 0.29) is 5.91 Å². The molecule has 0 radical (unpaired) electrons. The van der Waals surface area contributed by atoms with Crippen LogP contribution in [0, 0.1) is 0 Å². The van der Waals surface area contributed by atoms with Crippen LogP contribution >= 0.6 is 0 Å². The zero-order valence-corrected chi connectivity index (χ0v) is 9.69. The van der Waals surface area contributed by atoms with E-state index in [0.29, 0.717) is 26.2 Å². The molecule has 16 heavy (non-hydrogen) atoms. The quantitative estimate of drug-likeness (QED) is 0.602.